The first-order chi connectivity index (χ1) is 12.4. The van der Waals surface area contributed by atoms with E-state index in [0.717, 1.165) is 19.3 Å². The molecule has 0 spiro atoms. The van der Waals surface area contributed by atoms with Crippen molar-refractivity contribution in [3.8, 4) is 0 Å². The molecule has 0 amide bonds. The molecule has 10 atom stereocenters. The van der Waals surface area contributed by atoms with E-state index in [-0.39, 0.29) is 42.3 Å². The normalized spacial score (nSPS) is 60.3. The monoisotopic (exact) mass is 382 g/mol. The molecule has 4 nitrogen and oxygen atoms in total. The number of Topliss-reactive ketones (excluding diaryl/α,β-unsaturated/α-hetero) is 1. The maximum absolute atomic E-state index is 15.4. The zero-order valence-electron chi connectivity index (χ0n) is 17.0. The van der Waals surface area contributed by atoms with Gasteiger partial charge in [-0.15, -0.1) is 0 Å². The summed E-state index contributed by atoms with van der Waals surface area (Å²) < 4.78 is 15.4. The largest absolute Gasteiger partial charge is 0.393 e. The highest BCUT2D eigenvalue weighted by Gasteiger charge is 2.72. The summed E-state index contributed by atoms with van der Waals surface area (Å²) >= 11 is 0. The van der Waals surface area contributed by atoms with Crippen LogP contribution in [0.3, 0.4) is 0 Å². The average Bonchev–Trinajstić information content (AvgIpc) is 2.80. The molecule has 0 aliphatic heterocycles. The van der Waals surface area contributed by atoms with Gasteiger partial charge in [0.25, 0.3) is 0 Å². The molecule has 0 radical (unpaired) electrons. The lowest BCUT2D eigenvalue weighted by Crippen LogP contribution is -2.68. The van der Waals surface area contributed by atoms with Gasteiger partial charge in [0.2, 0.25) is 0 Å². The minimum absolute atomic E-state index is 0.0649. The Labute approximate surface area is 161 Å². The Hall–Kier alpha value is -0.520. The SMILES string of the molecule is CC(=O)[C@@]1(O)[C@H](C)C[C@H]2[C@@H]3C[C@@H](F)[C@@]4(O)C[C@@H](O)CC[C@]4(C)[C@H]3CC[C@@]21C. The Kier molecular flexibility index (Phi) is 4.22. The van der Waals surface area contributed by atoms with Crippen LogP contribution >= 0.6 is 0 Å². The van der Waals surface area contributed by atoms with Gasteiger partial charge in [-0.2, -0.15) is 0 Å². The van der Waals surface area contributed by atoms with Crippen molar-refractivity contribution >= 4 is 5.78 Å². The number of ketones is 1. The molecule has 4 rings (SSSR count). The van der Waals surface area contributed by atoms with E-state index in [4.69, 9.17) is 0 Å². The van der Waals surface area contributed by atoms with Crippen LogP contribution in [0.4, 0.5) is 4.39 Å². The van der Waals surface area contributed by atoms with Gasteiger partial charge in [-0.05, 0) is 69.1 Å². The third-order valence-electron chi connectivity index (χ3n) is 9.90. The lowest BCUT2D eigenvalue weighted by atomic mass is 9.42. The quantitative estimate of drug-likeness (QED) is 0.651. The topological polar surface area (TPSA) is 77.8 Å². The first kappa shape index (κ1) is 19.8. The minimum Gasteiger partial charge on any atom is -0.393 e. The van der Waals surface area contributed by atoms with Crippen molar-refractivity contribution in [2.45, 2.75) is 96.1 Å². The van der Waals surface area contributed by atoms with Crippen LogP contribution in [0.2, 0.25) is 0 Å². The predicted octanol–water partition coefficient (Wildman–Crippen LogP) is 3.02. The van der Waals surface area contributed by atoms with Gasteiger partial charge in [0.1, 0.15) is 17.4 Å². The fourth-order valence-electron chi connectivity index (χ4n) is 8.30. The van der Waals surface area contributed by atoms with E-state index in [2.05, 4.69) is 0 Å². The molecule has 0 heterocycles. The van der Waals surface area contributed by atoms with Crippen LogP contribution in [-0.4, -0.2) is 44.6 Å². The van der Waals surface area contributed by atoms with Crippen LogP contribution in [-0.2, 0) is 4.79 Å². The Balaban J connectivity index is 1.74. The Morgan fingerprint density at radius 2 is 1.67 bits per heavy atom. The van der Waals surface area contributed by atoms with Crippen molar-refractivity contribution in [1.82, 2.24) is 0 Å². The second-order valence-electron chi connectivity index (χ2n) is 10.7. The van der Waals surface area contributed by atoms with Crippen molar-refractivity contribution in [2.75, 3.05) is 0 Å². The summed E-state index contributed by atoms with van der Waals surface area (Å²) in [5, 5.41) is 32.8. The number of fused-ring (bicyclic) bond motifs is 5. The molecule has 4 fully saturated rings. The Morgan fingerprint density at radius 1 is 1.04 bits per heavy atom. The second kappa shape index (κ2) is 5.76. The second-order valence-corrected chi connectivity index (χ2v) is 10.7. The fraction of sp³-hybridized carbons (Fsp3) is 0.955. The molecule has 4 saturated carbocycles. The van der Waals surface area contributed by atoms with Gasteiger partial charge in [0.15, 0.2) is 5.78 Å². The van der Waals surface area contributed by atoms with Gasteiger partial charge in [0, 0.05) is 17.3 Å². The number of halogens is 1. The molecule has 154 valence electrons. The summed E-state index contributed by atoms with van der Waals surface area (Å²) in [4.78, 5) is 12.4. The average molecular weight is 383 g/mol. The summed E-state index contributed by atoms with van der Waals surface area (Å²) in [7, 11) is 0. The van der Waals surface area contributed by atoms with Gasteiger partial charge in [-0.1, -0.05) is 20.8 Å². The molecule has 5 heteroatoms. The van der Waals surface area contributed by atoms with E-state index in [0.29, 0.717) is 12.8 Å². The zero-order chi connectivity index (χ0) is 20.0. The summed E-state index contributed by atoms with van der Waals surface area (Å²) in [6.45, 7) is 7.47. The van der Waals surface area contributed by atoms with E-state index in [1.165, 1.54) is 6.92 Å². The number of aliphatic hydroxyl groups is 3. The first-order valence-corrected chi connectivity index (χ1v) is 10.7. The molecular weight excluding hydrogens is 347 g/mol. The van der Waals surface area contributed by atoms with Crippen LogP contribution < -0.4 is 0 Å². The molecule has 0 aromatic rings. The predicted molar refractivity (Wildman–Crippen MR) is 99.7 cm³/mol. The van der Waals surface area contributed by atoms with Crippen LogP contribution in [0.25, 0.3) is 0 Å². The molecule has 27 heavy (non-hydrogen) atoms. The third kappa shape index (κ3) is 2.17. The summed E-state index contributed by atoms with van der Waals surface area (Å²) in [6.07, 6.45) is 1.85. The van der Waals surface area contributed by atoms with E-state index in [1.807, 2.05) is 20.8 Å². The van der Waals surface area contributed by atoms with Crippen molar-refractivity contribution in [3.63, 3.8) is 0 Å². The van der Waals surface area contributed by atoms with Gasteiger partial charge < -0.3 is 15.3 Å². The molecule has 0 saturated heterocycles. The maximum Gasteiger partial charge on any atom is 0.162 e. The fourth-order valence-corrected chi connectivity index (χ4v) is 8.30. The lowest BCUT2D eigenvalue weighted by molar-refractivity contribution is -0.253. The minimum atomic E-state index is -1.47. The molecule has 4 aliphatic carbocycles. The molecule has 0 aromatic heterocycles. The molecular formula is C22H35FO4. The summed E-state index contributed by atoms with van der Waals surface area (Å²) in [5.41, 5.74) is -3.90. The molecule has 0 aromatic carbocycles. The van der Waals surface area contributed by atoms with Crippen LogP contribution in [0, 0.1) is 34.5 Å². The van der Waals surface area contributed by atoms with Crippen LogP contribution in [0.1, 0.15) is 72.6 Å². The van der Waals surface area contributed by atoms with Crippen molar-refractivity contribution in [3.05, 3.63) is 0 Å². The Morgan fingerprint density at radius 3 is 2.30 bits per heavy atom. The van der Waals surface area contributed by atoms with Crippen LogP contribution in [0.5, 0.6) is 0 Å². The highest BCUT2D eigenvalue weighted by Crippen LogP contribution is 2.70. The highest BCUT2D eigenvalue weighted by molar-refractivity contribution is 5.86. The van der Waals surface area contributed by atoms with E-state index in [1.54, 1.807) is 0 Å². The number of carbonyl (C=O) groups is 1. The summed E-state index contributed by atoms with van der Waals surface area (Å²) in [5.74, 6) is 0.0152. The lowest BCUT2D eigenvalue weighted by Gasteiger charge is -2.65. The third-order valence-corrected chi connectivity index (χ3v) is 9.90. The molecule has 0 unspecified atom stereocenters. The van der Waals surface area contributed by atoms with Gasteiger partial charge in [0.05, 0.1) is 6.10 Å². The number of aliphatic hydroxyl groups excluding tert-OH is 1. The van der Waals surface area contributed by atoms with E-state index >= 15 is 4.39 Å². The smallest absolute Gasteiger partial charge is 0.162 e. The van der Waals surface area contributed by atoms with Gasteiger partial charge in [-0.25, -0.2) is 4.39 Å². The summed E-state index contributed by atoms with van der Waals surface area (Å²) in [6, 6.07) is 0. The van der Waals surface area contributed by atoms with Crippen LogP contribution in [0.15, 0.2) is 0 Å². The van der Waals surface area contributed by atoms with Gasteiger partial charge in [-0.3, -0.25) is 4.79 Å². The number of hydrogen-bond acceptors (Lipinski definition) is 4. The number of carbonyl (C=O) groups excluding carboxylic acids is 1. The highest BCUT2D eigenvalue weighted by atomic mass is 19.1. The van der Waals surface area contributed by atoms with Crippen molar-refractivity contribution < 1.29 is 24.5 Å². The molecule has 3 N–H and O–H groups in total. The number of rotatable bonds is 1. The van der Waals surface area contributed by atoms with Crippen molar-refractivity contribution in [2.24, 2.45) is 34.5 Å². The standard InChI is InChI=1S/C22H35FO4/c1-12-9-17-15-10-18(23)21(26)11-14(25)5-7-19(21,3)16(15)6-8-20(17,4)22(12,27)13(2)24/h12,14-18,25-27H,5-11H2,1-4H3/t12-,14+,15-,16+,17+,18-,19-,20+,21+,22+/m1/s1. The maximum atomic E-state index is 15.4. The number of hydrogen-bond donors (Lipinski definition) is 3. The molecule has 4 aliphatic rings. The zero-order valence-corrected chi connectivity index (χ0v) is 17.0. The van der Waals surface area contributed by atoms with Crippen molar-refractivity contribution in [1.29, 1.82) is 0 Å². The molecule has 0 bridgehead atoms. The van der Waals surface area contributed by atoms with Gasteiger partial charge >= 0.3 is 0 Å². The van der Waals surface area contributed by atoms with E-state index in [9.17, 15) is 20.1 Å². The number of alkyl halides is 1. The Bertz CT molecular complexity index is 654. The van der Waals surface area contributed by atoms with E-state index < -0.39 is 34.3 Å². The first-order valence-electron chi connectivity index (χ1n) is 10.7.